The highest BCUT2D eigenvalue weighted by molar-refractivity contribution is 6.30. The minimum Gasteiger partial charge on any atom is -0.488 e. The molecule has 3 rings (SSSR count). The van der Waals surface area contributed by atoms with Gasteiger partial charge in [-0.25, -0.2) is 4.68 Å². The summed E-state index contributed by atoms with van der Waals surface area (Å²) in [7, 11) is 0. The molecule has 2 unspecified atom stereocenters. The maximum absolute atomic E-state index is 5.97. The summed E-state index contributed by atoms with van der Waals surface area (Å²) in [6.07, 6.45) is 2.77. The second-order valence-electron chi connectivity index (χ2n) is 4.85. The standard InChI is InChI=1S/C13H15ClN4O/c1-8(15)12-7-18(17-16-12)6-11-5-9-4-10(14)2-3-13(9)19-11/h2-4,7-8,11H,5-6,15H2,1H3. The van der Waals surface area contributed by atoms with E-state index in [-0.39, 0.29) is 12.1 Å². The van der Waals surface area contributed by atoms with Crippen molar-refractivity contribution >= 4 is 11.6 Å². The van der Waals surface area contributed by atoms with E-state index in [1.54, 1.807) is 4.68 Å². The summed E-state index contributed by atoms with van der Waals surface area (Å²) in [5.74, 6) is 0.905. The molecule has 0 bridgehead atoms. The first kappa shape index (κ1) is 12.4. The van der Waals surface area contributed by atoms with Gasteiger partial charge in [-0.3, -0.25) is 0 Å². The van der Waals surface area contributed by atoms with Crippen molar-refractivity contribution in [1.82, 2.24) is 15.0 Å². The minimum atomic E-state index is -0.103. The molecule has 2 N–H and O–H groups in total. The molecule has 1 aliphatic heterocycles. The van der Waals surface area contributed by atoms with E-state index in [1.165, 1.54) is 0 Å². The van der Waals surface area contributed by atoms with Crippen LogP contribution < -0.4 is 10.5 Å². The van der Waals surface area contributed by atoms with Crippen LogP contribution in [0.3, 0.4) is 0 Å². The van der Waals surface area contributed by atoms with Gasteiger partial charge in [0.15, 0.2) is 0 Å². The summed E-state index contributed by atoms with van der Waals surface area (Å²) in [6.45, 7) is 2.55. The Morgan fingerprint density at radius 2 is 2.42 bits per heavy atom. The average molecular weight is 279 g/mol. The predicted octanol–water partition coefficient (Wildman–Crippen LogP) is 1.95. The molecule has 0 fully saturated rings. The molecule has 0 spiro atoms. The van der Waals surface area contributed by atoms with Crippen molar-refractivity contribution in [3.8, 4) is 5.75 Å². The second-order valence-corrected chi connectivity index (χ2v) is 5.29. The lowest BCUT2D eigenvalue weighted by atomic mass is 10.1. The number of aromatic nitrogens is 3. The SMILES string of the molecule is CC(N)c1cn(CC2Cc3cc(Cl)ccc3O2)nn1. The molecule has 1 aromatic carbocycles. The van der Waals surface area contributed by atoms with Gasteiger partial charge in [-0.15, -0.1) is 5.10 Å². The third-order valence-corrected chi connectivity index (χ3v) is 3.41. The van der Waals surface area contributed by atoms with E-state index in [4.69, 9.17) is 22.1 Å². The molecule has 6 heteroatoms. The normalized spacial score (nSPS) is 19.0. The number of fused-ring (bicyclic) bond motifs is 1. The van der Waals surface area contributed by atoms with Crippen LogP contribution in [0.15, 0.2) is 24.4 Å². The molecular weight excluding hydrogens is 264 g/mol. The highest BCUT2D eigenvalue weighted by atomic mass is 35.5. The molecule has 0 radical (unpaired) electrons. The molecular formula is C13H15ClN4O. The number of hydrogen-bond acceptors (Lipinski definition) is 4. The van der Waals surface area contributed by atoms with Gasteiger partial charge in [-0.05, 0) is 30.7 Å². The molecule has 1 aromatic heterocycles. The first-order chi connectivity index (χ1) is 9.11. The Bertz CT molecular complexity index is 596. The number of nitrogens with two attached hydrogens (primary N) is 1. The van der Waals surface area contributed by atoms with Crippen molar-refractivity contribution in [3.63, 3.8) is 0 Å². The lowest BCUT2D eigenvalue weighted by molar-refractivity contribution is 0.202. The fraction of sp³-hybridized carbons (Fsp3) is 0.385. The Morgan fingerprint density at radius 3 is 3.16 bits per heavy atom. The van der Waals surface area contributed by atoms with Crippen LogP contribution in [0.1, 0.15) is 24.2 Å². The summed E-state index contributed by atoms with van der Waals surface area (Å²) >= 11 is 5.97. The Balaban J connectivity index is 1.69. The lowest BCUT2D eigenvalue weighted by Gasteiger charge is -2.09. The average Bonchev–Trinajstić information content (AvgIpc) is 2.95. The fourth-order valence-electron chi connectivity index (χ4n) is 2.21. The van der Waals surface area contributed by atoms with Crippen LogP contribution in [0.25, 0.3) is 0 Å². The molecule has 1 aliphatic rings. The molecule has 19 heavy (non-hydrogen) atoms. The van der Waals surface area contributed by atoms with Crippen LogP contribution in [0, 0.1) is 0 Å². The van der Waals surface area contributed by atoms with Crippen molar-refractivity contribution in [2.75, 3.05) is 0 Å². The molecule has 5 nitrogen and oxygen atoms in total. The quantitative estimate of drug-likeness (QED) is 0.932. The van der Waals surface area contributed by atoms with Gasteiger partial charge < -0.3 is 10.5 Å². The summed E-state index contributed by atoms with van der Waals surface area (Å²) < 4.78 is 7.63. The molecule has 2 aromatic rings. The monoisotopic (exact) mass is 278 g/mol. The van der Waals surface area contributed by atoms with Gasteiger partial charge in [-0.2, -0.15) is 0 Å². The van der Waals surface area contributed by atoms with E-state index >= 15 is 0 Å². The zero-order valence-electron chi connectivity index (χ0n) is 10.6. The number of rotatable bonds is 3. The van der Waals surface area contributed by atoms with Gasteiger partial charge in [0.1, 0.15) is 11.9 Å². The van der Waals surface area contributed by atoms with Gasteiger partial charge in [0.05, 0.1) is 18.4 Å². The highest BCUT2D eigenvalue weighted by Crippen LogP contribution is 2.31. The molecule has 0 saturated heterocycles. The van der Waals surface area contributed by atoms with E-state index in [9.17, 15) is 0 Å². The van der Waals surface area contributed by atoms with Gasteiger partial charge >= 0.3 is 0 Å². The number of halogens is 1. The van der Waals surface area contributed by atoms with Crippen LogP contribution in [0.5, 0.6) is 5.75 Å². The fourth-order valence-corrected chi connectivity index (χ4v) is 2.41. The zero-order valence-corrected chi connectivity index (χ0v) is 11.3. The Morgan fingerprint density at radius 1 is 1.58 bits per heavy atom. The van der Waals surface area contributed by atoms with Crippen LogP contribution >= 0.6 is 11.6 Å². The van der Waals surface area contributed by atoms with Crippen LogP contribution in [-0.4, -0.2) is 21.1 Å². The van der Waals surface area contributed by atoms with E-state index in [2.05, 4.69) is 10.3 Å². The summed E-state index contributed by atoms with van der Waals surface area (Å²) in [6, 6.07) is 5.60. The van der Waals surface area contributed by atoms with Gasteiger partial charge in [-0.1, -0.05) is 16.8 Å². The second kappa shape index (κ2) is 4.83. The van der Waals surface area contributed by atoms with Crippen molar-refractivity contribution in [1.29, 1.82) is 0 Å². The van der Waals surface area contributed by atoms with Crippen molar-refractivity contribution in [3.05, 3.63) is 40.7 Å². The summed E-state index contributed by atoms with van der Waals surface area (Å²) in [5, 5.41) is 8.83. The maximum atomic E-state index is 5.97. The van der Waals surface area contributed by atoms with Gasteiger partial charge in [0, 0.05) is 17.5 Å². The zero-order chi connectivity index (χ0) is 13.4. The van der Waals surface area contributed by atoms with Crippen LogP contribution in [-0.2, 0) is 13.0 Å². The third kappa shape index (κ3) is 2.57. The van der Waals surface area contributed by atoms with Crippen LogP contribution in [0.4, 0.5) is 0 Å². The number of benzene rings is 1. The number of nitrogens with zero attached hydrogens (tertiary/aromatic N) is 3. The van der Waals surface area contributed by atoms with Crippen molar-refractivity contribution in [2.24, 2.45) is 5.73 Å². The summed E-state index contributed by atoms with van der Waals surface area (Å²) in [4.78, 5) is 0. The van der Waals surface area contributed by atoms with Crippen molar-refractivity contribution in [2.45, 2.75) is 32.0 Å². The minimum absolute atomic E-state index is 0.0658. The maximum Gasteiger partial charge on any atom is 0.123 e. The van der Waals surface area contributed by atoms with Gasteiger partial charge in [0.2, 0.25) is 0 Å². The topological polar surface area (TPSA) is 66.0 Å². The first-order valence-electron chi connectivity index (χ1n) is 6.22. The Labute approximate surface area is 116 Å². The third-order valence-electron chi connectivity index (χ3n) is 3.18. The molecule has 2 heterocycles. The Hall–Kier alpha value is -1.59. The number of ether oxygens (including phenoxy) is 1. The smallest absolute Gasteiger partial charge is 0.123 e. The van der Waals surface area contributed by atoms with Gasteiger partial charge in [0.25, 0.3) is 0 Å². The molecule has 0 saturated carbocycles. The molecule has 0 amide bonds. The highest BCUT2D eigenvalue weighted by Gasteiger charge is 2.23. The Kier molecular flexibility index (Phi) is 3.16. The molecule has 2 atom stereocenters. The summed E-state index contributed by atoms with van der Waals surface area (Å²) in [5.41, 5.74) is 7.69. The first-order valence-corrected chi connectivity index (χ1v) is 6.60. The molecule has 100 valence electrons. The van der Waals surface area contributed by atoms with Crippen LogP contribution in [0.2, 0.25) is 5.02 Å². The number of hydrogen-bond donors (Lipinski definition) is 1. The van der Waals surface area contributed by atoms with E-state index in [0.29, 0.717) is 6.54 Å². The van der Waals surface area contributed by atoms with E-state index in [0.717, 1.165) is 28.5 Å². The van der Waals surface area contributed by atoms with E-state index < -0.39 is 0 Å². The van der Waals surface area contributed by atoms with E-state index in [1.807, 2.05) is 31.3 Å². The predicted molar refractivity (Wildman–Crippen MR) is 72.2 cm³/mol. The molecule has 0 aliphatic carbocycles. The largest absolute Gasteiger partial charge is 0.488 e. The van der Waals surface area contributed by atoms with Crippen molar-refractivity contribution < 1.29 is 4.74 Å². The lowest BCUT2D eigenvalue weighted by Crippen LogP contribution is -2.21.